The lowest BCUT2D eigenvalue weighted by atomic mass is 10.1. The van der Waals surface area contributed by atoms with Crippen LogP contribution in [0.4, 0.5) is 13.2 Å². The molecule has 1 N–H and O–H groups in total. The van der Waals surface area contributed by atoms with Crippen molar-refractivity contribution >= 4 is 15.9 Å². The van der Waals surface area contributed by atoms with Gasteiger partial charge in [0.1, 0.15) is 5.75 Å². The minimum Gasteiger partial charge on any atom is -0.406 e. The van der Waals surface area contributed by atoms with Crippen LogP contribution < -0.4 is 9.46 Å². The molecule has 30 heavy (non-hydrogen) atoms. The van der Waals surface area contributed by atoms with Gasteiger partial charge in [-0.2, -0.15) is 0 Å². The standard InChI is InChI=1S/C20H23F3N2O4S/c1-2-25(15-13-16-6-4-3-5-7-16)19(26)12-14-24-30(27,28)18-10-8-17(9-11-18)29-20(21,22)23/h3-11,24H,2,12-15H2,1H3. The van der Waals surface area contributed by atoms with E-state index >= 15 is 0 Å². The third-order valence-electron chi connectivity index (χ3n) is 4.25. The van der Waals surface area contributed by atoms with Gasteiger partial charge in [0.25, 0.3) is 0 Å². The van der Waals surface area contributed by atoms with E-state index in [1.54, 1.807) is 4.90 Å². The highest BCUT2D eigenvalue weighted by Gasteiger charge is 2.31. The van der Waals surface area contributed by atoms with E-state index in [-0.39, 0.29) is 23.8 Å². The molecule has 0 heterocycles. The summed E-state index contributed by atoms with van der Waals surface area (Å²) in [5, 5.41) is 0. The summed E-state index contributed by atoms with van der Waals surface area (Å²) in [6.45, 7) is 2.74. The van der Waals surface area contributed by atoms with Gasteiger partial charge in [-0.1, -0.05) is 30.3 Å². The molecular weight excluding hydrogens is 421 g/mol. The predicted octanol–water partition coefficient (Wildman–Crippen LogP) is 3.34. The van der Waals surface area contributed by atoms with Crippen LogP contribution in [-0.2, 0) is 21.2 Å². The highest BCUT2D eigenvalue weighted by atomic mass is 32.2. The SMILES string of the molecule is CCN(CCc1ccccc1)C(=O)CCNS(=O)(=O)c1ccc(OC(F)(F)F)cc1. The van der Waals surface area contributed by atoms with Gasteiger partial charge in [0.2, 0.25) is 15.9 Å². The van der Waals surface area contributed by atoms with Crippen LogP contribution in [0.3, 0.4) is 0 Å². The van der Waals surface area contributed by atoms with E-state index in [1.165, 1.54) is 0 Å². The Balaban J connectivity index is 1.85. The third-order valence-corrected chi connectivity index (χ3v) is 5.72. The monoisotopic (exact) mass is 444 g/mol. The maximum atomic E-state index is 12.4. The van der Waals surface area contributed by atoms with Crippen molar-refractivity contribution in [3.05, 3.63) is 60.2 Å². The number of carbonyl (C=O) groups is 1. The van der Waals surface area contributed by atoms with Gasteiger partial charge in [-0.25, -0.2) is 13.1 Å². The van der Waals surface area contributed by atoms with Crippen molar-refractivity contribution in [1.29, 1.82) is 0 Å². The zero-order valence-corrected chi connectivity index (χ0v) is 17.2. The van der Waals surface area contributed by atoms with Crippen molar-refractivity contribution < 1.29 is 31.1 Å². The van der Waals surface area contributed by atoms with E-state index in [4.69, 9.17) is 0 Å². The van der Waals surface area contributed by atoms with Gasteiger partial charge < -0.3 is 9.64 Å². The van der Waals surface area contributed by atoms with E-state index in [9.17, 15) is 26.4 Å². The number of nitrogens with zero attached hydrogens (tertiary/aromatic N) is 1. The minimum absolute atomic E-state index is 0.0306. The van der Waals surface area contributed by atoms with Crippen LogP contribution in [0.15, 0.2) is 59.5 Å². The molecule has 0 radical (unpaired) electrons. The highest BCUT2D eigenvalue weighted by molar-refractivity contribution is 7.89. The number of benzene rings is 2. The van der Waals surface area contributed by atoms with Crippen molar-refractivity contribution in [2.75, 3.05) is 19.6 Å². The Hall–Kier alpha value is -2.59. The first-order valence-electron chi connectivity index (χ1n) is 9.28. The van der Waals surface area contributed by atoms with Crippen LogP contribution in [-0.4, -0.2) is 45.2 Å². The Kier molecular flexibility index (Phi) is 8.24. The fourth-order valence-corrected chi connectivity index (χ4v) is 3.75. The molecule has 0 aliphatic heterocycles. The molecular formula is C20H23F3N2O4S. The minimum atomic E-state index is -4.86. The summed E-state index contributed by atoms with van der Waals surface area (Å²) < 4.78 is 67.0. The van der Waals surface area contributed by atoms with Crippen LogP contribution in [0.1, 0.15) is 18.9 Å². The number of likely N-dealkylation sites (N-methyl/N-ethyl adjacent to an activating group) is 1. The second-order valence-electron chi connectivity index (χ2n) is 6.38. The number of hydrogen-bond donors (Lipinski definition) is 1. The normalized spacial score (nSPS) is 11.9. The zero-order chi connectivity index (χ0) is 22.2. The first-order valence-corrected chi connectivity index (χ1v) is 10.8. The Morgan fingerprint density at radius 1 is 1.07 bits per heavy atom. The van der Waals surface area contributed by atoms with Gasteiger partial charge in [-0.15, -0.1) is 13.2 Å². The molecule has 1 amide bonds. The molecule has 0 saturated heterocycles. The molecule has 10 heteroatoms. The van der Waals surface area contributed by atoms with Crippen LogP contribution in [0.2, 0.25) is 0 Å². The Morgan fingerprint density at radius 3 is 2.27 bits per heavy atom. The lowest BCUT2D eigenvalue weighted by Crippen LogP contribution is -2.35. The molecule has 0 bridgehead atoms. The summed E-state index contributed by atoms with van der Waals surface area (Å²) >= 11 is 0. The molecule has 0 aromatic heterocycles. The molecule has 6 nitrogen and oxygen atoms in total. The average Bonchev–Trinajstić information content (AvgIpc) is 2.68. The van der Waals surface area contributed by atoms with Gasteiger partial charge in [-0.3, -0.25) is 4.79 Å². The number of amides is 1. The Labute approximate surface area is 173 Å². The van der Waals surface area contributed by atoms with Gasteiger partial charge in [0.05, 0.1) is 4.90 Å². The summed E-state index contributed by atoms with van der Waals surface area (Å²) in [6.07, 6.45) is -4.19. The number of carbonyl (C=O) groups excluding carboxylic acids is 1. The van der Waals surface area contributed by atoms with Crippen molar-refractivity contribution in [2.24, 2.45) is 0 Å². The van der Waals surface area contributed by atoms with E-state index in [0.29, 0.717) is 19.5 Å². The van der Waals surface area contributed by atoms with E-state index in [0.717, 1.165) is 29.8 Å². The second kappa shape index (κ2) is 10.4. The molecule has 2 aromatic rings. The smallest absolute Gasteiger partial charge is 0.406 e. The lowest BCUT2D eigenvalue weighted by molar-refractivity contribution is -0.274. The second-order valence-corrected chi connectivity index (χ2v) is 8.14. The first kappa shape index (κ1) is 23.7. The lowest BCUT2D eigenvalue weighted by Gasteiger charge is -2.21. The third kappa shape index (κ3) is 7.68. The summed E-state index contributed by atoms with van der Waals surface area (Å²) in [7, 11) is -3.96. The number of alkyl halides is 3. The van der Waals surface area contributed by atoms with Gasteiger partial charge in [0, 0.05) is 26.1 Å². The molecule has 2 rings (SSSR count). The average molecular weight is 444 g/mol. The number of rotatable bonds is 10. The van der Waals surface area contributed by atoms with Gasteiger partial charge in [-0.05, 0) is 43.2 Å². The van der Waals surface area contributed by atoms with Crippen LogP contribution in [0.5, 0.6) is 5.75 Å². The molecule has 2 aromatic carbocycles. The van der Waals surface area contributed by atoms with Crippen molar-refractivity contribution in [3.8, 4) is 5.75 Å². The van der Waals surface area contributed by atoms with E-state index in [1.807, 2.05) is 37.3 Å². The molecule has 0 unspecified atom stereocenters. The summed E-state index contributed by atoms with van der Waals surface area (Å²) in [6, 6.07) is 13.5. The summed E-state index contributed by atoms with van der Waals surface area (Å²) in [4.78, 5) is 13.8. The Morgan fingerprint density at radius 2 is 1.70 bits per heavy atom. The molecule has 0 aliphatic rings. The fraction of sp³-hybridized carbons (Fsp3) is 0.350. The quantitative estimate of drug-likeness (QED) is 0.610. The number of sulfonamides is 1. The topological polar surface area (TPSA) is 75.7 Å². The first-order chi connectivity index (χ1) is 14.1. The fourth-order valence-electron chi connectivity index (χ4n) is 2.72. The molecule has 0 atom stereocenters. The van der Waals surface area contributed by atoms with Gasteiger partial charge in [0.15, 0.2) is 0 Å². The van der Waals surface area contributed by atoms with Crippen molar-refractivity contribution in [3.63, 3.8) is 0 Å². The summed E-state index contributed by atoms with van der Waals surface area (Å²) in [5.41, 5.74) is 1.10. The van der Waals surface area contributed by atoms with E-state index < -0.39 is 22.1 Å². The summed E-state index contributed by atoms with van der Waals surface area (Å²) in [5.74, 6) is -0.710. The number of nitrogens with one attached hydrogen (secondary N) is 1. The van der Waals surface area contributed by atoms with Crippen LogP contribution in [0, 0.1) is 0 Å². The van der Waals surface area contributed by atoms with E-state index in [2.05, 4.69) is 9.46 Å². The Bertz CT molecular complexity index is 917. The largest absolute Gasteiger partial charge is 0.573 e. The number of hydrogen-bond acceptors (Lipinski definition) is 4. The molecule has 0 aliphatic carbocycles. The molecule has 0 saturated carbocycles. The molecule has 0 fully saturated rings. The number of ether oxygens (including phenoxy) is 1. The maximum Gasteiger partial charge on any atom is 0.573 e. The van der Waals surface area contributed by atoms with Gasteiger partial charge >= 0.3 is 6.36 Å². The van der Waals surface area contributed by atoms with Crippen molar-refractivity contribution in [1.82, 2.24) is 9.62 Å². The zero-order valence-electron chi connectivity index (χ0n) is 16.4. The maximum absolute atomic E-state index is 12.4. The number of halogens is 3. The molecule has 0 spiro atoms. The predicted molar refractivity (Wildman–Crippen MR) is 105 cm³/mol. The van der Waals surface area contributed by atoms with Crippen LogP contribution in [0.25, 0.3) is 0 Å². The van der Waals surface area contributed by atoms with Crippen LogP contribution >= 0.6 is 0 Å². The molecule has 164 valence electrons. The highest BCUT2D eigenvalue weighted by Crippen LogP contribution is 2.23. The van der Waals surface area contributed by atoms with Crippen molar-refractivity contribution in [2.45, 2.75) is 31.0 Å².